The third-order valence-electron chi connectivity index (χ3n) is 4.80. The van der Waals surface area contributed by atoms with Gasteiger partial charge in [-0.05, 0) is 31.0 Å². The Morgan fingerprint density at radius 1 is 1.15 bits per heavy atom. The lowest BCUT2D eigenvalue weighted by Crippen LogP contribution is -2.43. The zero-order valence-electron chi connectivity index (χ0n) is 14.1. The van der Waals surface area contributed by atoms with Gasteiger partial charge in [0.2, 0.25) is 5.56 Å². The number of para-hydroxylation sites is 1. The quantitative estimate of drug-likeness (QED) is 0.760. The SMILES string of the molecule is O=C(c1ccc(=O)[nH]c1)N1CCCC(n2cnc3ccccc3c2=O)C1. The van der Waals surface area contributed by atoms with E-state index in [4.69, 9.17) is 0 Å². The van der Waals surface area contributed by atoms with Gasteiger partial charge >= 0.3 is 0 Å². The summed E-state index contributed by atoms with van der Waals surface area (Å²) in [6.07, 6.45) is 4.62. The average molecular weight is 350 g/mol. The van der Waals surface area contributed by atoms with Crippen LogP contribution in [0.2, 0.25) is 0 Å². The van der Waals surface area contributed by atoms with Crippen molar-refractivity contribution in [2.45, 2.75) is 18.9 Å². The van der Waals surface area contributed by atoms with Crippen LogP contribution in [0, 0.1) is 0 Å². The first-order valence-electron chi connectivity index (χ1n) is 8.57. The molecule has 1 N–H and O–H groups in total. The van der Waals surface area contributed by atoms with E-state index in [0.29, 0.717) is 29.6 Å². The molecule has 1 aromatic carbocycles. The number of carbonyl (C=O) groups is 1. The van der Waals surface area contributed by atoms with E-state index in [9.17, 15) is 14.4 Å². The van der Waals surface area contributed by atoms with Gasteiger partial charge in [0.05, 0.1) is 28.8 Å². The lowest BCUT2D eigenvalue weighted by molar-refractivity contribution is 0.0677. The number of carbonyl (C=O) groups excluding carboxylic acids is 1. The fraction of sp³-hybridized carbons (Fsp3) is 0.263. The number of likely N-dealkylation sites (tertiary alicyclic amines) is 1. The van der Waals surface area contributed by atoms with Crippen molar-refractivity contribution in [3.8, 4) is 0 Å². The van der Waals surface area contributed by atoms with Crippen LogP contribution in [0.5, 0.6) is 0 Å². The summed E-state index contributed by atoms with van der Waals surface area (Å²) in [6, 6.07) is 10.0. The number of rotatable bonds is 2. The van der Waals surface area contributed by atoms with Crippen LogP contribution in [0.15, 0.2) is 58.5 Å². The Hall–Kier alpha value is -3.22. The molecule has 132 valence electrons. The number of pyridine rings is 1. The number of aromatic nitrogens is 3. The van der Waals surface area contributed by atoms with Gasteiger partial charge in [0, 0.05) is 25.4 Å². The van der Waals surface area contributed by atoms with Gasteiger partial charge in [0.1, 0.15) is 0 Å². The zero-order chi connectivity index (χ0) is 18.1. The van der Waals surface area contributed by atoms with Gasteiger partial charge in [-0.15, -0.1) is 0 Å². The molecule has 1 aliphatic rings. The Labute approximate surface area is 148 Å². The number of amides is 1. The van der Waals surface area contributed by atoms with Crippen molar-refractivity contribution in [2.24, 2.45) is 0 Å². The van der Waals surface area contributed by atoms with Crippen molar-refractivity contribution in [1.82, 2.24) is 19.4 Å². The van der Waals surface area contributed by atoms with Crippen molar-refractivity contribution < 1.29 is 4.79 Å². The summed E-state index contributed by atoms with van der Waals surface area (Å²) in [7, 11) is 0. The monoisotopic (exact) mass is 350 g/mol. The highest BCUT2D eigenvalue weighted by Crippen LogP contribution is 2.22. The summed E-state index contributed by atoms with van der Waals surface area (Å²) in [5.74, 6) is -0.146. The van der Waals surface area contributed by atoms with Crippen LogP contribution in [-0.2, 0) is 0 Å². The molecule has 1 amide bonds. The zero-order valence-corrected chi connectivity index (χ0v) is 14.1. The second kappa shape index (κ2) is 6.59. The summed E-state index contributed by atoms with van der Waals surface area (Å²) < 4.78 is 1.63. The van der Waals surface area contributed by atoms with E-state index in [0.717, 1.165) is 12.8 Å². The molecule has 4 rings (SSSR count). The second-order valence-electron chi connectivity index (χ2n) is 6.46. The van der Waals surface area contributed by atoms with Gasteiger partial charge in [-0.25, -0.2) is 4.98 Å². The normalized spacial score (nSPS) is 17.4. The number of nitrogens with zero attached hydrogens (tertiary/aromatic N) is 3. The van der Waals surface area contributed by atoms with E-state index in [-0.39, 0.29) is 23.1 Å². The molecule has 7 nitrogen and oxygen atoms in total. The van der Waals surface area contributed by atoms with Crippen molar-refractivity contribution in [2.75, 3.05) is 13.1 Å². The minimum absolute atomic E-state index is 0.0843. The van der Waals surface area contributed by atoms with E-state index >= 15 is 0 Å². The van der Waals surface area contributed by atoms with Gasteiger partial charge in [0.15, 0.2) is 0 Å². The second-order valence-corrected chi connectivity index (χ2v) is 6.46. The first-order chi connectivity index (χ1) is 12.6. The molecular formula is C19H18N4O3. The molecule has 0 saturated carbocycles. The van der Waals surface area contributed by atoms with E-state index in [1.54, 1.807) is 21.9 Å². The molecule has 1 aliphatic heterocycles. The van der Waals surface area contributed by atoms with Crippen molar-refractivity contribution >= 4 is 16.8 Å². The maximum absolute atomic E-state index is 12.8. The smallest absolute Gasteiger partial charge is 0.261 e. The average Bonchev–Trinajstić information content (AvgIpc) is 2.69. The minimum Gasteiger partial charge on any atom is -0.337 e. The number of aromatic amines is 1. The van der Waals surface area contributed by atoms with E-state index in [1.165, 1.54) is 18.3 Å². The molecule has 3 aromatic rings. The lowest BCUT2D eigenvalue weighted by Gasteiger charge is -2.33. The molecule has 0 radical (unpaired) electrons. The third-order valence-corrected chi connectivity index (χ3v) is 4.80. The number of piperidine rings is 1. The molecule has 0 bridgehead atoms. The maximum atomic E-state index is 12.8. The minimum atomic E-state index is -0.244. The lowest BCUT2D eigenvalue weighted by atomic mass is 10.0. The first-order valence-corrected chi connectivity index (χ1v) is 8.57. The standard InChI is InChI=1S/C19H18N4O3/c24-17-8-7-13(10-20-17)18(25)22-9-3-4-14(11-22)23-12-21-16-6-2-1-5-15(16)19(23)26/h1-2,5-8,10,12,14H,3-4,9,11H2,(H,20,24). The maximum Gasteiger partial charge on any atom is 0.261 e. The van der Waals surface area contributed by atoms with Crippen LogP contribution < -0.4 is 11.1 Å². The van der Waals surface area contributed by atoms with Crippen LogP contribution in [-0.4, -0.2) is 38.4 Å². The Morgan fingerprint density at radius 3 is 2.81 bits per heavy atom. The molecule has 1 atom stereocenters. The highest BCUT2D eigenvalue weighted by Gasteiger charge is 2.26. The topological polar surface area (TPSA) is 88.1 Å². The number of fused-ring (bicyclic) bond motifs is 1. The Morgan fingerprint density at radius 2 is 2.00 bits per heavy atom. The summed E-state index contributed by atoms with van der Waals surface area (Å²) >= 11 is 0. The Balaban J connectivity index is 1.62. The first kappa shape index (κ1) is 16.3. The number of hydrogen-bond acceptors (Lipinski definition) is 4. The molecule has 1 saturated heterocycles. The van der Waals surface area contributed by atoms with Crippen LogP contribution in [0.1, 0.15) is 29.2 Å². The van der Waals surface area contributed by atoms with E-state index in [1.807, 2.05) is 18.2 Å². The van der Waals surface area contributed by atoms with Crippen molar-refractivity contribution in [3.63, 3.8) is 0 Å². The fourth-order valence-electron chi connectivity index (χ4n) is 3.44. The fourth-order valence-corrected chi connectivity index (χ4v) is 3.44. The summed E-state index contributed by atoms with van der Waals surface area (Å²) in [5, 5.41) is 0.582. The van der Waals surface area contributed by atoms with Gasteiger partial charge in [0.25, 0.3) is 11.5 Å². The molecule has 3 heterocycles. The Bertz CT molecular complexity index is 1070. The molecule has 7 heteroatoms. The van der Waals surface area contributed by atoms with Gasteiger partial charge in [-0.1, -0.05) is 12.1 Å². The van der Waals surface area contributed by atoms with Gasteiger partial charge in [-0.2, -0.15) is 0 Å². The summed E-state index contributed by atoms with van der Waals surface area (Å²) in [4.78, 5) is 45.3. The van der Waals surface area contributed by atoms with Crippen LogP contribution >= 0.6 is 0 Å². The third kappa shape index (κ3) is 2.92. The van der Waals surface area contributed by atoms with Crippen LogP contribution in [0.4, 0.5) is 0 Å². The summed E-state index contributed by atoms with van der Waals surface area (Å²) in [5.41, 5.74) is 0.783. The Kier molecular flexibility index (Phi) is 4.12. The highest BCUT2D eigenvalue weighted by atomic mass is 16.2. The molecule has 1 fully saturated rings. The molecule has 2 aromatic heterocycles. The van der Waals surface area contributed by atoms with E-state index < -0.39 is 0 Å². The largest absolute Gasteiger partial charge is 0.337 e. The van der Waals surface area contributed by atoms with Crippen LogP contribution in [0.25, 0.3) is 10.9 Å². The predicted molar refractivity (Wildman–Crippen MR) is 97.2 cm³/mol. The molecule has 0 aliphatic carbocycles. The highest BCUT2D eigenvalue weighted by molar-refractivity contribution is 5.93. The van der Waals surface area contributed by atoms with Crippen molar-refractivity contribution in [3.05, 3.63) is 75.2 Å². The number of H-pyrrole nitrogens is 1. The van der Waals surface area contributed by atoms with Crippen LogP contribution in [0.3, 0.4) is 0 Å². The number of nitrogens with one attached hydrogen (secondary N) is 1. The summed E-state index contributed by atoms with van der Waals surface area (Å²) in [6.45, 7) is 1.07. The van der Waals surface area contributed by atoms with E-state index in [2.05, 4.69) is 9.97 Å². The molecule has 0 spiro atoms. The van der Waals surface area contributed by atoms with Gasteiger partial charge < -0.3 is 9.88 Å². The predicted octanol–water partition coefficient (Wildman–Crippen LogP) is 1.56. The molecular weight excluding hydrogens is 332 g/mol. The molecule has 26 heavy (non-hydrogen) atoms. The molecule has 1 unspecified atom stereocenters. The number of hydrogen-bond donors (Lipinski definition) is 1. The van der Waals surface area contributed by atoms with Gasteiger partial charge in [-0.3, -0.25) is 19.0 Å². The number of benzene rings is 1. The van der Waals surface area contributed by atoms with Crippen molar-refractivity contribution in [1.29, 1.82) is 0 Å².